The molecule has 0 unspecified atom stereocenters. The number of carbonyl (C=O) groups is 1. The summed E-state index contributed by atoms with van der Waals surface area (Å²) >= 11 is 0. The average molecular weight is 305 g/mol. The molecular formula is C17H20FNO3. The number of amides is 1. The SMILES string of the molecule is Cc1ccc(CCC(=O)N[C@@H](C)[C@H](O)c2ccc(F)cc2)o1. The Labute approximate surface area is 129 Å². The molecule has 5 heteroatoms. The van der Waals surface area contributed by atoms with Crippen molar-refractivity contribution in [2.45, 2.75) is 38.8 Å². The lowest BCUT2D eigenvalue weighted by Gasteiger charge is -2.20. The van der Waals surface area contributed by atoms with Crippen LogP contribution in [0.1, 0.15) is 36.5 Å². The zero-order valence-electron chi connectivity index (χ0n) is 12.7. The van der Waals surface area contributed by atoms with Crippen LogP contribution in [0.2, 0.25) is 0 Å². The van der Waals surface area contributed by atoms with E-state index in [0.29, 0.717) is 12.0 Å². The quantitative estimate of drug-likeness (QED) is 0.862. The zero-order valence-corrected chi connectivity index (χ0v) is 12.7. The largest absolute Gasteiger partial charge is 0.466 e. The van der Waals surface area contributed by atoms with Gasteiger partial charge in [-0.3, -0.25) is 4.79 Å². The van der Waals surface area contributed by atoms with Gasteiger partial charge in [0.15, 0.2) is 0 Å². The van der Waals surface area contributed by atoms with Crippen molar-refractivity contribution in [1.82, 2.24) is 5.32 Å². The van der Waals surface area contributed by atoms with E-state index < -0.39 is 12.1 Å². The monoisotopic (exact) mass is 305 g/mol. The van der Waals surface area contributed by atoms with E-state index in [1.807, 2.05) is 19.1 Å². The minimum Gasteiger partial charge on any atom is -0.466 e. The molecule has 0 radical (unpaired) electrons. The van der Waals surface area contributed by atoms with Crippen molar-refractivity contribution in [2.75, 3.05) is 0 Å². The fourth-order valence-electron chi connectivity index (χ4n) is 2.21. The van der Waals surface area contributed by atoms with E-state index in [9.17, 15) is 14.3 Å². The number of hydrogen-bond acceptors (Lipinski definition) is 3. The maximum Gasteiger partial charge on any atom is 0.220 e. The Morgan fingerprint density at radius 3 is 2.55 bits per heavy atom. The predicted molar refractivity (Wildman–Crippen MR) is 80.7 cm³/mol. The number of halogens is 1. The maximum absolute atomic E-state index is 12.9. The summed E-state index contributed by atoms with van der Waals surface area (Å²) in [6.07, 6.45) is -0.0812. The average Bonchev–Trinajstić information content (AvgIpc) is 2.91. The topological polar surface area (TPSA) is 62.5 Å². The third kappa shape index (κ3) is 4.43. The molecule has 4 nitrogen and oxygen atoms in total. The second-order valence-electron chi connectivity index (χ2n) is 5.36. The summed E-state index contributed by atoms with van der Waals surface area (Å²) < 4.78 is 18.3. The van der Waals surface area contributed by atoms with Crippen molar-refractivity contribution in [1.29, 1.82) is 0 Å². The van der Waals surface area contributed by atoms with Crippen molar-refractivity contribution >= 4 is 5.91 Å². The summed E-state index contributed by atoms with van der Waals surface area (Å²) in [5.74, 6) is 1.05. The van der Waals surface area contributed by atoms with Crippen LogP contribution in [-0.2, 0) is 11.2 Å². The molecule has 0 saturated carbocycles. The summed E-state index contributed by atoms with van der Waals surface area (Å²) in [7, 11) is 0. The van der Waals surface area contributed by atoms with Crippen LogP contribution in [0.3, 0.4) is 0 Å². The van der Waals surface area contributed by atoms with Gasteiger partial charge in [-0.25, -0.2) is 4.39 Å². The molecular weight excluding hydrogens is 285 g/mol. The minimum absolute atomic E-state index is 0.164. The van der Waals surface area contributed by atoms with Crippen molar-refractivity contribution in [3.8, 4) is 0 Å². The number of aliphatic hydroxyl groups is 1. The van der Waals surface area contributed by atoms with Crippen LogP contribution in [-0.4, -0.2) is 17.1 Å². The third-order valence-corrected chi connectivity index (χ3v) is 3.47. The molecule has 2 atom stereocenters. The molecule has 1 amide bonds. The Morgan fingerprint density at radius 2 is 1.95 bits per heavy atom. The Bertz CT molecular complexity index is 621. The lowest BCUT2D eigenvalue weighted by atomic mass is 10.0. The van der Waals surface area contributed by atoms with Gasteiger partial charge in [0.1, 0.15) is 17.3 Å². The molecule has 2 rings (SSSR count). The summed E-state index contributed by atoms with van der Waals surface area (Å²) in [6.45, 7) is 3.56. The first-order valence-corrected chi connectivity index (χ1v) is 7.24. The standard InChI is InChI=1S/C17H20FNO3/c1-11-3-8-15(22-11)9-10-16(20)19-12(2)17(21)13-4-6-14(18)7-5-13/h3-8,12,17,21H,9-10H2,1-2H3,(H,19,20)/t12-,17-/m0/s1. The van der Waals surface area contributed by atoms with Crippen molar-refractivity contribution < 1.29 is 18.7 Å². The summed E-state index contributed by atoms with van der Waals surface area (Å²) in [5.41, 5.74) is 0.566. The lowest BCUT2D eigenvalue weighted by Crippen LogP contribution is -2.37. The molecule has 1 aromatic carbocycles. The maximum atomic E-state index is 12.9. The first kappa shape index (κ1) is 16.2. The molecule has 0 aliphatic heterocycles. The molecule has 1 heterocycles. The number of carbonyl (C=O) groups excluding carboxylic acids is 1. The van der Waals surface area contributed by atoms with Crippen molar-refractivity contribution in [3.63, 3.8) is 0 Å². The highest BCUT2D eigenvalue weighted by atomic mass is 19.1. The number of hydrogen-bond donors (Lipinski definition) is 2. The number of furan rings is 1. The number of nitrogens with one attached hydrogen (secondary N) is 1. The summed E-state index contributed by atoms with van der Waals surface area (Å²) in [5, 5.41) is 12.9. The van der Waals surface area contributed by atoms with Crippen LogP contribution < -0.4 is 5.32 Å². The van der Waals surface area contributed by atoms with Gasteiger partial charge < -0.3 is 14.8 Å². The molecule has 0 saturated heterocycles. The van der Waals surface area contributed by atoms with E-state index in [1.54, 1.807) is 6.92 Å². The van der Waals surface area contributed by atoms with E-state index in [-0.39, 0.29) is 18.1 Å². The van der Waals surface area contributed by atoms with Gasteiger partial charge in [0.2, 0.25) is 5.91 Å². The van der Waals surface area contributed by atoms with E-state index in [1.165, 1.54) is 24.3 Å². The summed E-state index contributed by atoms with van der Waals surface area (Å²) in [4.78, 5) is 11.9. The van der Waals surface area contributed by atoms with Crippen LogP contribution in [0.15, 0.2) is 40.8 Å². The minimum atomic E-state index is -0.879. The second-order valence-corrected chi connectivity index (χ2v) is 5.36. The number of benzene rings is 1. The highest BCUT2D eigenvalue weighted by molar-refractivity contribution is 5.76. The third-order valence-electron chi connectivity index (χ3n) is 3.47. The Balaban J connectivity index is 1.83. The van der Waals surface area contributed by atoms with Gasteiger partial charge in [-0.05, 0) is 43.7 Å². The van der Waals surface area contributed by atoms with E-state index in [4.69, 9.17) is 4.42 Å². The molecule has 0 aliphatic carbocycles. The molecule has 118 valence electrons. The van der Waals surface area contributed by atoms with Gasteiger partial charge in [0.25, 0.3) is 0 Å². The molecule has 2 N–H and O–H groups in total. The fourth-order valence-corrected chi connectivity index (χ4v) is 2.21. The number of rotatable bonds is 6. The van der Waals surface area contributed by atoms with Gasteiger partial charge in [-0.15, -0.1) is 0 Å². The van der Waals surface area contributed by atoms with Crippen LogP contribution >= 0.6 is 0 Å². The summed E-state index contributed by atoms with van der Waals surface area (Å²) in [6, 6.07) is 8.82. The highest BCUT2D eigenvalue weighted by Gasteiger charge is 2.18. The Hall–Kier alpha value is -2.14. The molecule has 22 heavy (non-hydrogen) atoms. The van der Waals surface area contributed by atoms with Crippen LogP contribution in [0.4, 0.5) is 4.39 Å². The molecule has 0 fully saturated rings. The fraction of sp³-hybridized carbons (Fsp3) is 0.353. The van der Waals surface area contributed by atoms with E-state index >= 15 is 0 Å². The van der Waals surface area contributed by atoms with Gasteiger partial charge in [-0.1, -0.05) is 12.1 Å². The van der Waals surface area contributed by atoms with E-state index in [2.05, 4.69) is 5.32 Å². The molecule has 0 spiro atoms. The molecule has 0 aliphatic rings. The van der Waals surface area contributed by atoms with E-state index in [0.717, 1.165) is 11.5 Å². The van der Waals surface area contributed by atoms with Crippen molar-refractivity contribution in [2.24, 2.45) is 0 Å². The van der Waals surface area contributed by atoms with Crippen LogP contribution in [0.5, 0.6) is 0 Å². The van der Waals surface area contributed by atoms with Gasteiger partial charge in [0.05, 0.1) is 12.1 Å². The van der Waals surface area contributed by atoms with Crippen LogP contribution in [0.25, 0.3) is 0 Å². The Kier molecular flexibility index (Phi) is 5.33. The number of aliphatic hydroxyl groups excluding tert-OH is 1. The zero-order chi connectivity index (χ0) is 16.1. The van der Waals surface area contributed by atoms with Gasteiger partial charge in [0, 0.05) is 12.8 Å². The molecule has 2 aromatic rings. The van der Waals surface area contributed by atoms with Crippen LogP contribution in [0, 0.1) is 12.7 Å². The van der Waals surface area contributed by atoms with Gasteiger partial charge >= 0.3 is 0 Å². The Morgan fingerprint density at radius 1 is 1.27 bits per heavy atom. The van der Waals surface area contributed by atoms with Gasteiger partial charge in [-0.2, -0.15) is 0 Å². The first-order chi connectivity index (χ1) is 10.5. The highest BCUT2D eigenvalue weighted by Crippen LogP contribution is 2.17. The molecule has 0 bridgehead atoms. The number of aryl methyl sites for hydroxylation is 2. The normalized spacial score (nSPS) is 13.6. The first-order valence-electron chi connectivity index (χ1n) is 7.24. The predicted octanol–water partition coefficient (Wildman–Crippen LogP) is 2.90. The second kappa shape index (κ2) is 7.22. The molecule has 1 aromatic heterocycles. The smallest absolute Gasteiger partial charge is 0.220 e. The van der Waals surface area contributed by atoms with Crippen molar-refractivity contribution in [3.05, 3.63) is 59.3 Å². The lowest BCUT2D eigenvalue weighted by molar-refractivity contribution is -0.122.